The van der Waals surface area contributed by atoms with E-state index >= 15 is 0 Å². The highest BCUT2D eigenvalue weighted by molar-refractivity contribution is 6.13. The summed E-state index contributed by atoms with van der Waals surface area (Å²) in [6, 6.07) is -1.38. The predicted molar refractivity (Wildman–Crippen MR) is 634 cm³/mol. The van der Waals surface area contributed by atoms with Crippen LogP contribution in [-0.4, -0.2) is 134 Å². The van der Waals surface area contributed by atoms with E-state index in [1.54, 1.807) is 29.7 Å². The van der Waals surface area contributed by atoms with Crippen LogP contribution in [0, 0.1) is 71.0 Å². The molecule has 3 aliphatic carbocycles. The molecule has 862 valence electrons. The van der Waals surface area contributed by atoms with E-state index in [0.29, 0.717) is 43.9 Å². The number of nitrogens with zero attached hydrogens (tertiary/aromatic N) is 6. The van der Waals surface area contributed by atoms with Crippen LogP contribution in [0.3, 0.4) is 0 Å². The summed E-state index contributed by atoms with van der Waals surface area (Å²) in [5, 5.41) is 0. The molecule has 0 N–H and O–H groups in total. The molecule has 0 aromatic carbocycles. The van der Waals surface area contributed by atoms with Crippen molar-refractivity contribution < 1.29 is 43.2 Å². The number of allylic oxidation sites excluding steroid dienone is 1. The Balaban J connectivity index is 0.000000474. The van der Waals surface area contributed by atoms with Crippen molar-refractivity contribution in [1.82, 2.24) is 29.4 Å². The maximum atomic E-state index is 14.0. The van der Waals surface area contributed by atoms with E-state index in [1.807, 2.05) is 11.0 Å². The Morgan fingerprint density at radius 2 is 0.453 bits per heavy atom. The predicted octanol–water partition coefficient (Wildman–Crippen LogP) is 37.2. The molecule has 0 radical (unpaired) electrons. The van der Waals surface area contributed by atoms with Crippen molar-refractivity contribution in [2.45, 2.75) is 634 Å². The van der Waals surface area contributed by atoms with Crippen LogP contribution in [0.2, 0.25) is 0 Å². The van der Waals surface area contributed by atoms with E-state index in [-0.39, 0.29) is 66.0 Å². The highest BCUT2D eigenvalue weighted by Crippen LogP contribution is 2.51. The second-order valence-corrected chi connectivity index (χ2v) is 49.6. The molecule has 7 aliphatic rings. The van der Waals surface area contributed by atoms with Gasteiger partial charge in [-0.1, -0.05) is 505 Å². The molecule has 0 bridgehead atoms. The molecule has 4 heterocycles. The minimum atomic E-state index is -0.700. The van der Waals surface area contributed by atoms with Gasteiger partial charge in [0.25, 0.3) is 29.5 Å². The number of likely N-dealkylation sites (tertiary alicyclic amines) is 2. The van der Waals surface area contributed by atoms with Gasteiger partial charge < -0.3 is 14.7 Å². The van der Waals surface area contributed by atoms with Crippen molar-refractivity contribution in [1.29, 1.82) is 0 Å². The molecule has 15 heteroatoms. The third-order valence-electron chi connectivity index (χ3n) is 37.5. The molecule has 0 spiro atoms. The monoisotopic (exact) mass is 2090 g/mol. The van der Waals surface area contributed by atoms with Crippen LogP contribution in [0.25, 0.3) is 0 Å². The number of imide groups is 3. The van der Waals surface area contributed by atoms with E-state index < -0.39 is 12.1 Å². The second kappa shape index (κ2) is 83.8. The lowest BCUT2D eigenvalue weighted by molar-refractivity contribution is -0.143. The highest BCUT2D eigenvalue weighted by atomic mass is 16.2. The Kier molecular flexibility index (Phi) is 74.4. The van der Waals surface area contributed by atoms with E-state index in [4.69, 9.17) is 0 Å². The number of carbonyl (C=O) groups is 9. The van der Waals surface area contributed by atoms with Crippen molar-refractivity contribution >= 4 is 53.2 Å². The summed E-state index contributed by atoms with van der Waals surface area (Å²) < 4.78 is 0. The summed E-state index contributed by atoms with van der Waals surface area (Å²) in [5.74, 6) is 9.41. The quantitative estimate of drug-likeness (QED) is 0.0326. The standard InChI is InChI=1S/C77H137N3O5.C58H101N3O4/c1-8-12-16-20-29-40-50-69-65(46-36-18-14-10-3)54-53-64(7)68(69)49-39-31-23-26-33-43-59-78(76(84)63(5)6)72-62-75(83)80(77(72)85)61-45-35-27-24-32-42-52-71-67(48-38-28-22-25-34-44-60-79-73(81)57-58-74(79)82)56-55-66(47-37-19-15-11-4)70(71)51-41-30-21-17-13-9-2;1-7-10-13-16-20-27-34-45-60(57(64)48(4)5)54-47-56(63)61(58(54)65)46-35-28-22-19-25-32-39-53-51(37-30-23-18-21-26-33-44-59-49(6)40-43-55(59)62)42-41-50(36-29-15-12-9-3)52(53)38-31-24-17-14-11-8-2/h57-58,64-72H,5,8-56,59-62H2,1-4,6-7H3;40,43,50-54H,4,6-39,41-42,44-47H2,1-3,5H3. The minimum Gasteiger partial charge on any atom is -0.326 e. The summed E-state index contributed by atoms with van der Waals surface area (Å²) in [4.78, 5) is 126. The highest BCUT2D eigenvalue weighted by Gasteiger charge is 2.47. The third kappa shape index (κ3) is 52.4. The van der Waals surface area contributed by atoms with Crippen LogP contribution in [0.4, 0.5) is 0 Å². The van der Waals surface area contributed by atoms with Gasteiger partial charge in [-0.05, 0) is 200 Å². The number of amides is 9. The Morgan fingerprint density at radius 1 is 0.253 bits per heavy atom. The molecule has 150 heavy (non-hydrogen) atoms. The summed E-state index contributed by atoms with van der Waals surface area (Å²) in [5.41, 5.74) is 1.71. The lowest BCUT2D eigenvalue weighted by Gasteiger charge is -2.44. The van der Waals surface area contributed by atoms with Crippen molar-refractivity contribution in [3.8, 4) is 0 Å². The van der Waals surface area contributed by atoms with Gasteiger partial charge in [-0.25, -0.2) is 0 Å². The molecule has 9 amide bonds. The van der Waals surface area contributed by atoms with Crippen LogP contribution in [0.5, 0.6) is 0 Å². The van der Waals surface area contributed by atoms with Crippen molar-refractivity contribution in [3.63, 3.8) is 0 Å². The molecule has 7 rings (SSSR count). The average molecular weight is 2090 g/mol. The lowest BCUT2D eigenvalue weighted by Crippen LogP contribution is -2.46. The normalized spacial score (nSPS) is 22.5. The average Bonchev–Trinajstić information content (AvgIpc) is 1.61. The number of rotatable bonds is 93. The van der Waals surface area contributed by atoms with Crippen molar-refractivity contribution in [2.24, 2.45) is 71.0 Å². The molecular formula is C135H238N6O9. The Labute approximate surface area is 924 Å². The summed E-state index contributed by atoms with van der Waals surface area (Å²) in [7, 11) is 0. The molecule has 14 atom stereocenters. The van der Waals surface area contributed by atoms with Crippen molar-refractivity contribution in [2.75, 3.05) is 39.3 Å². The first-order valence-electron chi connectivity index (χ1n) is 65.9. The zero-order chi connectivity index (χ0) is 108. The maximum Gasteiger partial charge on any atom is 0.253 e. The fourth-order valence-electron chi connectivity index (χ4n) is 28.4. The molecule has 15 nitrogen and oxygen atoms in total. The number of hydrogen-bond donors (Lipinski definition) is 0. The van der Waals surface area contributed by atoms with E-state index in [0.717, 1.165) is 180 Å². The van der Waals surface area contributed by atoms with Crippen LogP contribution >= 0.6 is 0 Å². The van der Waals surface area contributed by atoms with Crippen LogP contribution in [0.1, 0.15) is 621 Å². The lowest BCUT2D eigenvalue weighted by atomic mass is 9.61. The Hall–Kier alpha value is -5.47. The van der Waals surface area contributed by atoms with Gasteiger partial charge in [0.15, 0.2) is 0 Å². The molecule has 5 fully saturated rings. The first-order valence-corrected chi connectivity index (χ1v) is 65.9. The van der Waals surface area contributed by atoms with Gasteiger partial charge in [0.05, 0.1) is 12.8 Å². The second-order valence-electron chi connectivity index (χ2n) is 49.6. The maximum absolute atomic E-state index is 14.0. The summed E-state index contributed by atoms with van der Waals surface area (Å²) >= 11 is 0. The SMILES string of the molecule is C=C(C)C(=O)N(CCCCCCCCC)C1CC(=O)N(CCCCCCCCC2C(CCCCCCCCN3C(=C)C=CC3=O)CCC(CCCCCC)C2CCCCCCCC)C1=O.C=C(C)C(=O)N(CCCCCCCCC1C(C)CCC(CCCCCC)C1CCCCCCCC)C1CC(=O)N(CCCCCCCCC2C(CCCCCCCCN3C(=O)C=CC3=O)CCC(CCCCCC)C2CCCCCCCC)C1=O. The van der Waals surface area contributed by atoms with Gasteiger partial charge in [-0.3, -0.25) is 57.9 Å². The van der Waals surface area contributed by atoms with Crippen LogP contribution in [0.15, 0.2) is 60.9 Å². The van der Waals surface area contributed by atoms with E-state index in [9.17, 15) is 43.2 Å². The van der Waals surface area contributed by atoms with Crippen LogP contribution in [-0.2, 0) is 43.2 Å². The molecule has 3 saturated carbocycles. The van der Waals surface area contributed by atoms with E-state index in [1.165, 1.54) is 470 Å². The number of hydrogen-bond acceptors (Lipinski definition) is 9. The number of carbonyl (C=O) groups excluding carboxylic acids is 9. The fourth-order valence-corrected chi connectivity index (χ4v) is 28.4. The fraction of sp³-hybridized carbons (Fsp3) is 0.859. The summed E-state index contributed by atoms with van der Waals surface area (Å²) in [6.07, 6.45) is 115. The molecule has 4 aliphatic heterocycles. The van der Waals surface area contributed by atoms with E-state index in [2.05, 4.69) is 75.1 Å². The third-order valence-corrected chi connectivity index (χ3v) is 37.5. The Morgan fingerprint density at radius 3 is 0.713 bits per heavy atom. The van der Waals surface area contributed by atoms with Gasteiger partial charge in [-0.15, -0.1) is 0 Å². The minimum absolute atomic E-state index is 0.0885. The first-order chi connectivity index (χ1) is 73.1. The van der Waals surface area contributed by atoms with Crippen molar-refractivity contribution in [3.05, 3.63) is 60.9 Å². The van der Waals surface area contributed by atoms with Crippen LogP contribution < -0.4 is 0 Å². The van der Waals surface area contributed by atoms with Gasteiger partial charge in [0.2, 0.25) is 23.6 Å². The topological polar surface area (TPSA) is 173 Å². The Bertz CT molecular complexity index is 3680. The molecular weight excluding hydrogens is 1850 g/mol. The number of unbranched alkanes of at least 4 members (excludes halogenated alkanes) is 55. The molecule has 2 saturated heterocycles. The van der Waals surface area contributed by atoms with Gasteiger partial charge in [0.1, 0.15) is 12.1 Å². The smallest absolute Gasteiger partial charge is 0.253 e. The summed E-state index contributed by atoms with van der Waals surface area (Å²) in [6.45, 7) is 37.4. The molecule has 0 aromatic heterocycles. The zero-order valence-electron chi connectivity index (χ0n) is 99.9. The first kappa shape index (κ1) is 133. The van der Waals surface area contributed by atoms with Gasteiger partial charge in [-0.2, -0.15) is 0 Å². The van der Waals surface area contributed by atoms with Gasteiger partial charge >= 0.3 is 0 Å². The molecule has 14 unspecified atom stereocenters. The van der Waals surface area contributed by atoms with Gasteiger partial charge in [0, 0.05) is 74.3 Å². The molecule has 0 aromatic rings. The largest absolute Gasteiger partial charge is 0.326 e. The zero-order valence-corrected chi connectivity index (χ0v) is 99.9.